The van der Waals surface area contributed by atoms with E-state index in [-0.39, 0.29) is 0 Å². The van der Waals surface area contributed by atoms with Gasteiger partial charge in [0.1, 0.15) is 5.69 Å². The number of anilines is 1. The molecule has 0 aromatic carbocycles. The highest BCUT2D eigenvalue weighted by Gasteiger charge is 2.00. The number of pyridine rings is 1. The molecule has 0 saturated heterocycles. The van der Waals surface area contributed by atoms with Gasteiger partial charge in [-0.05, 0) is 22.6 Å². The van der Waals surface area contributed by atoms with Crippen molar-refractivity contribution in [1.82, 2.24) is 25.6 Å². The average molecular weight is 162 g/mol. The summed E-state index contributed by atoms with van der Waals surface area (Å²) >= 11 is 0. The first-order valence-corrected chi connectivity index (χ1v) is 3.32. The Morgan fingerprint density at radius 2 is 2.25 bits per heavy atom. The van der Waals surface area contributed by atoms with Crippen molar-refractivity contribution in [1.29, 1.82) is 0 Å². The summed E-state index contributed by atoms with van der Waals surface area (Å²) in [6, 6.07) is 3.49. The fourth-order valence-corrected chi connectivity index (χ4v) is 0.813. The molecule has 0 amide bonds. The Hall–Kier alpha value is -1.98. The molecule has 6 heteroatoms. The summed E-state index contributed by atoms with van der Waals surface area (Å²) < 4.78 is 0. The summed E-state index contributed by atoms with van der Waals surface area (Å²) in [5.74, 6) is 0.537. The number of nitrogens with zero attached hydrogens (tertiary/aromatic N) is 4. The highest BCUT2D eigenvalue weighted by Crippen LogP contribution is 2.10. The van der Waals surface area contributed by atoms with E-state index in [9.17, 15) is 0 Å². The Morgan fingerprint density at radius 3 is 2.83 bits per heavy atom. The maximum absolute atomic E-state index is 5.46. The number of rotatable bonds is 1. The van der Waals surface area contributed by atoms with E-state index >= 15 is 0 Å². The van der Waals surface area contributed by atoms with Gasteiger partial charge in [0, 0.05) is 0 Å². The number of H-pyrrole nitrogens is 1. The Balaban J connectivity index is 2.43. The van der Waals surface area contributed by atoms with E-state index in [1.54, 1.807) is 18.3 Å². The molecule has 0 aliphatic rings. The summed E-state index contributed by atoms with van der Waals surface area (Å²) in [5, 5.41) is 13.2. The third-order valence-electron chi connectivity index (χ3n) is 1.37. The van der Waals surface area contributed by atoms with Crippen LogP contribution in [0.25, 0.3) is 11.5 Å². The molecule has 0 aliphatic heterocycles. The second-order valence-corrected chi connectivity index (χ2v) is 2.23. The monoisotopic (exact) mass is 162 g/mol. The second kappa shape index (κ2) is 2.57. The SMILES string of the molecule is Nc1ccc(-c2nnn[nH]2)nc1. The van der Waals surface area contributed by atoms with Crippen molar-refractivity contribution < 1.29 is 0 Å². The smallest absolute Gasteiger partial charge is 0.198 e. The van der Waals surface area contributed by atoms with Crippen molar-refractivity contribution in [3.05, 3.63) is 18.3 Å². The zero-order chi connectivity index (χ0) is 8.39. The standard InChI is InChI=1S/C6H6N6/c7-4-1-2-5(8-3-4)6-9-11-12-10-6/h1-3H,7H2,(H,9,10,11,12). The number of aromatic nitrogens is 5. The molecule has 0 aliphatic carbocycles. The maximum atomic E-state index is 5.46. The molecule has 2 aromatic rings. The molecule has 2 rings (SSSR count). The van der Waals surface area contributed by atoms with Crippen molar-refractivity contribution in [3.63, 3.8) is 0 Å². The summed E-state index contributed by atoms with van der Waals surface area (Å²) in [7, 11) is 0. The molecule has 60 valence electrons. The molecule has 0 fully saturated rings. The molecular weight excluding hydrogens is 156 g/mol. The lowest BCUT2D eigenvalue weighted by Crippen LogP contribution is -1.89. The topological polar surface area (TPSA) is 93.4 Å². The minimum Gasteiger partial charge on any atom is -0.397 e. The first-order valence-electron chi connectivity index (χ1n) is 3.32. The molecule has 0 atom stereocenters. The predicted molar refractivity (Wildman–Crippen MR) is 41.8 cm³/mol. The Bertz CT molecular complexity index is 350. The van der Waals surface area contributed by atoms with Crippen LogP contribution in [0.2, 0.25) is 0 Å². The number of aromatic amines is 1. The number of nitrogen functional groups attached to an aromatic ring is 1. The predicted octanol–water partition coefficient (Wildman–Crippen LogP) is -0.156. The lowest BCUT2D eigenvalue weighted by Gasteiger charge is -1.93. The molecule has 12 heavy (non-hydrogen) atoms. The van der Waals surface area contributed by atoms with E-state index in [0.29, 0.717) is 17.2 Å². The van der Waals surface area contributed by atoms with Crippen molar-refractivity contribution in [2.24, 2.45) is 0 Å². The fourth-order valence-electron chi connectivity index (χ4n) is 0.813. The molecule has 0 bridgehead atoms. The third-order valence-corrected chi connectivity index (χ3v) is 1.37. The van der Waals surface area contributed by atoms with Crippen LogP contribution < -0.4 is 5.73 Å². The minimum atomic E-state index is 0.537. The second-order valence-electron chi connectivity index (χ2n) is 2.23. The summed E-state index contributed by atoms with van der Waals surface area (Å²) in [6.45, 7) is 0. The van der Waals surface area contributed by atoms with E-state index in [2.05, 4.69) is 25.6 Å². The highest BCUT2D eigenvalue weighted by atomic mass is 15.5. The number of tetrazole rings is 1. The first kappa shape index (κ1) is 6.71. The van der Waals surface area contributed by atoms with Crippen LogP contribution >= 0.6 is 0 Å². The van der Waals surface area contributed by atoms with E-state index in [1.165, 1.54) is 0 Å². The van der Waals surface area contributed by atoms with Crippen LogP contribution in [0, 0.1) is 0 Å². The van der Waals surface area contributed by atoms with Gasteiger partial charge in [0.05, 0.1) is 11.9 Å². The Morgan fingerprint density at radius 1 is 1.33 bits per heavy atom. The van der Waals surface area contributed by atoms with Gasteiger partial charge in [-0.25, -0.2) is 5.10 Å². The lowest BCUT2D eigenvalue weighted by molar-refractivity contribution is 0.881. The summed E-state index contributed by atoms with van der Waals surface area (Å²) in [4.78, 5) is 4.02. The number of hydrogen-bond acceptors (Lipinski definition) is 5. The molecule has 0 radical (unpaired) electrons. The zero-order valence-electron chi connectivity index (χ0n) is 6.10. The van der Waals surface area contributed by atoms with Crippen LogP contribution in [-0.2, 0) is 0 Å². The van der Waals surface area contributed by atoms with Crippen LogP contribution in [0.15, 0.2) is 18.3 Å². The van der Waals surface area contributed by atoms with Crippen LogP contribution in [0.4, 0.5) is 5.69 Å². The van der Waals surface area contributed by atoms with Gasteiger partial charge >= 0.3 is 0 Å². The zero-order valence-corrected chi connectivity index (χ0v) is 6.10. The van der Waals surface area contributed by atoms with Crippen molar-refractivity contribution in [3.8, 4) is 11.5 Å². The third kappa shape index (κ3) is 1.09. The Kier molecular flexibility index (Phi) is 1.44. The van der Waals surface area contributed by atoms with E-state index < -0.39 is 0 Å². The van der Waals surface area contributed by atoms with Gasteiger partial charge in [-0.2, -0.15) is 0 Å². The highest BCUT2D eigenvalue weighted by molar-refractivity contribution is 5.50. The van der Waals surface area contributed by atoms with Gasteiger partial charge in [-0.15, -0.1) is 5.10 Å². The fraction of sp³-hybridized carbons (Fsp3) is 0. The van der Waals surface area contributed by atoms with E-state index in [0.717, 1.165) is 0 Å². The molecule has 0 spiro atoms. The van der Waals surface area contributed by atoms with Crippen LogP contribution in [0.3, 0.4) is 0 Å². The summed E-state index contributed by atoms with van der Waals surface area (Å²) in [6.07, 6.45) is 1.55. The van der Waals surface area contributed by atoms with Gasteiger partial charge in [0.25, 0.3) is 0 Å². The van der Waals surface area contributed by atoms with Gasteiger partial charge in [0.15, 0.2) is 5.82 Å². The maximum Gasteiger partial charge on any atom is 0.198 e. The molecule has 0 saturated carbocycles. The van der Waals surface area contributed by atoms with Crippen LogP contribution in [0.5, 0.6) is 0 Å². The Labute approximate surface area is 67.8 Å². The van der Waals surface area contributed by atoms with Crippen LogP contribution in [0.1, 0.15) is 0 Å². The normalized spacial score (nSPS) is 10.0. The number of nitrogens with two attached hydrogens (primary N) is 1. The van der Waals surface area contributed by atoms with Crippen molar-refractivity contribution >= 4 is 5.69 Å². The molecule has 2 aromatic heterocycles. The van der Waals surface area contributed by atoms with Gasteiger partial charge in [-0.3, -0.25) is 4.98 Å². The van der Waals surface area contributed by atoms with Crippen LogP contribution in [-0.4, -0.2) is 25.6 Å². The quantitative estimate of drug-likeness (QED) is 0.607. The van der Waals surface area contributed by atoms with Gasteiger partial charge in [-0.1, -0.05) is 0 Å². The van der Waals surface area contributed by atoms with Gasteiger partial charge < -0.3 is 5.73 Å². The molecule has 0 unspecified atom stereocenters. The minimum absolute atomic E-state index is 0.537. The van der Waals surface area contributed by atoms with Gasteiger partial charge in [0.2, 0.25) is 0 Å². The number of hydrogen-bond donors (Lipinski definition) is 2. The molecule has 3 N–H and O–H groups in total. The largest absolute Gasteiger partial charge is 0.397 e. The number of nitrogens with one attached hydrogen (secondary N) is 1. The van der Waals surface area contributed by atoms with E-state index in [4.69, 9.17) is 5.73 Å². The average Bonchev–Trinajstić information content (AvgIpc) is 2.58. The lowest BCUT2D eigenvalue weighted by atomic mass is 10.3. The molecule has 2 heterocycles. The van der Waals surface area contributed by atoms with Crippen molar-refractivity contribution in [2.75, 3.05) is 5.73 Å². The van der Waals surface area contributed by atoms with Crippen molar-refractivity contribution in [2.45, 2.75) is 0 Å². The summed E-state index contributed by atoms with van der Waals surface area (Å²) in [5.41, 5.74) is 6.75. The first-order chi connectivity index (χ1) is 5.86. The molecular formula is C6H6N6. The van der Waals surface area contributed by atoms with E-state index in [1.807, 2.05) is 0 Å². The molecule has 6 nitrogen and oxygen atoms in total.